The Morgan fingerprint density at radius 3 is 2.93 bits per heavy atom. The van der Waals surface area contributed by atoms with E-state index in [1.165, 1.54) is 0 Å². The minimum Gasteiger partial charge on any atom is -0.462 e. The molecule has 0 atom stereocenters. The van der Waals surface area contributed by atoms with E-state index >= 15 is 0 Å². The lowest BCUT2D eigenvalue weighted by Gasteiger charge is -2.09. The molecule has 1 aliphatic rings. The van der Waals surface area contributed by atoms with Crippen LogP contribution in [0.15, 0.2) is 24.3 Å². The van der Waals surface area contributed by atoms with E-state index in [1.807, 2.05) is 25.1 Å². The number of carbonyl (C=O) groups excluding carboxylic acids is 1. The fourth-order valence-electron chi connectivity index (χ4n) is 3.24. The van der Waals surface area contributed by atoms with E-state index < -0.39 is 5.97 Å². The number of esters is 1. The summed E-state index contributed by atoms with van der Waals surface area (Å²) in [5.41, 5.74) is 2.99. The summed E-state index contributed by atoms with van der Waals surface area (Å²) >= 11 is 0. The quantitative estimate of drug-likeness (QED) is 0.629. The highest BCUT2D eigenvalue weighted by Gasteiger charge is 2.22. The molecule has 0 unspecified atom stereocenters. The Morgan fingerprint density at radius 1 is 1.32 bits per heavy atom. The van der Waals surface area contributed by atoms with Crippen molar-refractivity contribution in [3.8, 4) is 28.8 Å². The summed E-state index contributed by atoms with van der Waals surface area (Å²) < 4.78 is 17.7. The maximum Gasteiger partial charge on any atom is 0.339 e. The molecule has 142 valence electrons. The number of nitrogens with zero attached hydrogens (tertiary/aromatic N) is 4. The molecule has 0 bridgehead atoms. The van der Waals surface area contributed by atoms with Crippen molar-refractivity contribution < 1.29 is 19.0 Å². The smallest absolute Gasteiger partial charge is 0.339 e. The van der Waals surface area contributed by atoms with Crippen LogP contribution in [0, 0.1) is 18.3 Å². The number of ether oxygens (including phenoxy) is 3. The molecule has 0 aliphatic carbocycles. The Kier molecular flexibility index (Phi) is 4.57. The van der Waals surface area contributed by atoms with Gasteiger partial charge in [0.25, 0.3) is 0 Å². The second-order valence-electron chi connectivity index (χ2n) is 6.26. The molecule has 0 fully saturated rings. The van der Waals surface area contributed by atoms with Crippen LogP contribution in [-0.2, 0) is 11.3 Å². The zero-order valence-corrected chi connectivity index (χ0v) is 15.6. The largest absolute Gasteiger partial charge is 0.462 e. The highest BCUT2D eigenvalue weighted by atomic mass is 16.7. The van der Waals surface area contributed by atoms with Crippen molar-refractivity contribution in [3.05, 3.63) is 35.5 Å². The molecular weight excluding hydrogens is 360 g/mol. The van der Waals surface area contributed by atoms with Crippen molar-refractivity contribution in [1.29, 1.82) is 5.26 Å². The fraction of sp³-hybridized carbons (Fsp3) is 0.300. The first-order valence-electron chi connectivity index (χ1n) is 8.94. The van der Waals surface area contributed by atoms with Crippen molar-refractivity contribution in [2.24, 2.45) is 0 Å². The van der Waals surface area contributed by atoms with Gasteiger partial charge in [0, 0.05) is 5.56 Å². The molecule has 1 aliphatic heterocycles. The van der Waals surface area contributed by atoms with Crippen molar-refractivity contribution in [2.45, 2.75) is 26.8 Å². The van der Waals surface area contributed by atoms with Crippen LogP contribution in [0.25, 0.3) is 22.3 Å². The van der Waals surface area contributed by atoms with Crippen LogP contribution in [-0.4, -0.2) is 34.1 Å². The topological polar surface area (TPSA) is 99.3 Å². The number of benzene rings is 1. The number of nitriles is 1. The van der Waals surface area contributed by atoms with E-state index in [9.17, 15) is 4.79 Å². The van der Waals surface area contributed by atoms with Gasteiger partial charge in [0.05, 0.1) is 48.0 Å². The first-order chi connectivity index (χ1) is 13.6. The molecule has 1 aromatic carbocycles. The van der Waals surface area contributed by atoms with Crippen molar-refractivity contribution >= 4 is 17.0 Å². The third-order valence-electron chi connectivity index (χ3n) is 4.48. The number of fused-ring (bicyclic) bond motifs is 2. The SMILES string of the molecule is CCOC(=O)c1cc(-c2ccc3c(c2)OCO3)nc2c1c(C)nn2CCC#N. The second kappa shape index (κ2) is 7.19. The number of rotatable bonds is 5. The first-order valence-corrected chi connectivity index (χ1v) is 8.94. The maximum absolute atomic E-state index is 12.6. The molecule has 3 aromatic rings. The molecule has 3 heterocycles. The molecule has 4 rings (SSSR count). The molecule has 8 heteroatoms. The van der Waals surface area contributed by atoms with Gasteiger partial charge in [-0.05, 0) is 38.1 Å². The Bertz CT molecular complexity index is 1110. The zero-order valence-electron chi connectivity index (χ0n) is 15.6. The van der Waals surface area contributed by atoms with Crippen LogP contribution < -0.4 is 9.47 Å². The lowest BCUT2D eigenvalue weighted by atomic mass is 10.1. The summed E-state index contributed by atoms with van der Waals surface area (Å²) in [6, 6.07) is 9.32. The first kappa shape index (κ1) is 17.8. The van der Waals surface area contributed by atoms with Crippen molar-refractivity contribution in [2.75, 3.05) is 13.4 Å². The highest BCUT2D eigenvalue weighted by molar-refractivity contribution is 6.05. The second-order valence-corrected chi connectivity index (χ2v) is 6.26. The third kappa shape index (κ3) is 3.01. The number of aromatic nitrogens is 3. The maximum atomic E-state index is 12.6. The van der Waals surface area contributed by atoms with Crippen LogP contribution in [0.2, 0.25) is 0 Å². The normalized spacial score (nSPS) is 12.2. The Balaban J connectivity index is 1.91. The lowest BCUT2D eigenvalue weighted by Crippen LogP contribution is -2.07. The predicted molar refractivity (Wildman–Crippen MR) is 100 cm³/mol. The van der Waals surface area contributed by atoms with Crippen LogP contribution in [0.3, 0.4) is 0 Å². The molecule has 0 N–H and O–H groups in total. The highest BCUT2D eigenvalue weighted by Crippen LogP contribution is 2.36. The number of pyridine rings is 1. The van der Waals surface area contributed by atoms with Crippen LogP contribution in [0.1, 0.15) is 29.4 Å². The van der Waals surface area contributed by atoms with Crippen molar-refractivity contribution in [1.82, 2.24) is 14.8 Å². The van der Waals surface area contributed by atoms with E-state index in [4.69, 9.17) is 24.5 Å². The monoisotopic (exact) mass is 378 g/mol. The van der Waals surface area contributed by atoms with Crippen LogP contribution in [0.4, 0.5) is 0 Å². The Labute approximate surface area is 161 Å². The number of carbonyl (C=O) groups is 1. The van der Waals surface area contributed by atoms with Gasteiger partial charge in [0.1, 0.15) is 0 Å². The van der Waals surface area contributed by atoms with Gasteiger partial charge in [-0.25, -0.2) is 14.5 Å². The van der Waals surface area contributed by atoms with E-state index in [0.29, 0.717) is 52.4 Å². The number of aryl methyl sites for hydroxylation is 2. The van der Waals surface area contributed by atoms with Gasteiger partial charge in [0.2, 0.25) is 6.79 Å². The van der Waals surface area contributed by atoms with E-state index in [0.717, 1.165) is 5.56 Å². The van der Waals surface area contributed by atoms with Gasteiger partial charge in [-0.3, -0.25) is 0 Å². The minimum atomic E-state index is -0.431. The van der Waals surface area contributed by atoms with E-state index in [-0.39, 0.29) is 13.4 Å². The molecule has 2 aromatic heterocycles. The van der Waals surface area contributed by atoms with Crippen LogP contribution in [0.5, 0.6) is 11.5 Å². The average molecular weight is 378 g/mol. The standard InChI is InChI=1S/C20H18N4O4/c1-3-26-20(25)14-10-15(13-5-6-16-17(9-13)28-11-27-16)22-19-18(14)12(2)23-24(19)8-4-7-21/h5-6,9-10H,3-4,8,11H2,1-2H3. The summed E-state index contributed by atoms with van der Waals surface area (Å²) in [5.74, 6) is 0.872. The van der Waals surface area contributed by atoms with Crippen LogP contribution >= 0.6 is 0 Å². The number of hydrogen-bond acceptors (Lipinski definition) is 7. The molecule has 0 spiro atoms. The molecule has 8 nitrogen and oxygen atoms in total. The van der Waals surface area contributed by atoms with Gasteiger partial charge in [-0.15, -0.1) is 0 Å². The third-order valence-corrected chi connectivity index (χ3v) is 4.48. The van der Waals surface area contributed by atoms with Gasteiger partial charge in [-0.2, -0.15) is 10.4 Å². The predicted octanol–water partition coefficient (Wildman–Crippen LogP) is 3.23. The molecule has 0 saturated carbocycles. The zero-order chi connectivity index (χ0) is 19.7. The van der Waals surface area contributed by atoms with E-state index in [2.05, 4.69) is 11.2 Å². The summed E-state index contributed by atoms with van der Waals surface area (Å²) in [4.78, 5) is 17.4. The summed E-state index contributed by atoms with van der Waals surface area (Å²) in [5, 5.41) is 14.0. The van der Waals surface area contributed by atoms with Gasteiger partial charge in [-0.1, -0.05) is 0 Å². The summed E-state index contributed by atoms with van der Waals surface area (Å²) in [7, 11) is 0. The summed E-state index contributed by atoms with van der Waals surface area (Å²) in [6.07, 6.45) is 0.293. The fourth-order valence-corrected chi connectivity index (χ4v) is 3.24. The Hall–Kier alpha value is -3.60. The summed E-state index contributed by atoms with van der Waals surface area (Å²) in [6.45, 7) is 4.41. The van der Waals surface area contributed by atoms with Gasteiger partial charge < -0.3 is 14.2 Å². The molecule has 28 heavy (non-hydrogen) atoms. The van der Waals surface area contributed by atoms with E-state index in [1.54, 1.807) is 17.7 Å². The lowest BCUT2D eigenvalue weighted by molar-refractivity contribution is 0.0528. The number of hydrogen-bond donors (Lipinski definition) is 0. The van der Waals surface area contributed by atoms with Gasteiger partial charge >= 0.3 is 5.97 Å². The molecule has 0 amide bonds. The minimum absolute atomic E-state index is 0.180. The molecular formula is C20H18N4O4. The van der Waals surface area contributed by atoms with Crippen molar-refractivity contribution in [3.63, 3.8) is 0 Å². The molecule has 0 saturated heterocycles. The average Bonchev–Trinajstić information content (AvgIpc) is 3.29. The Morgan fingerprint density at radius 2 is 2.14 bits per heavy atom. The molecule has 0 radical (unpaired) electrons. The van der Waals surface area contributed by atoms with Gasteiger partial charge in [0.15, 0.2) is 17.1 Å².